The molecule has 34 heavy (non-hydrogen) atoms. The third-order valence-electron chi connectivity index (χ3n) is 4.86. The van der Waals surface area contributed by atoms with E-state index < -0.39 is 35.3 Å². The fourth-order valence-corrected chi connectivity index (χ4v) is 3.13. The maximum Gasteiger partial charge on any atom is 0.573 e. The smallest absolute Gasteiger partial charge is 0.457 e. The summed E-state index contributed by atoms with van der Waals surface area (Å²) in [5.41, 5.74) is 4.54. The van der Waals surface area contributed by atoms with Crippen molar-refractivity contribution >= 4 is 11.8 Å². The Labute approximate surface area is 192 Å². The summed E-state index contributed by atoms with van der Waals surface area (Å²) in [4.78, 5) is 24.8. The van der Waals surface area contributed by atoms with Gasteiger partial charge in [-0.3, -0.25) is 9.59 Å². The number of nitrogens with two attached hydrogens (primary N) is 1. The number of ether oxygens (including phenoxy) is 2. The number of nitrogens with one attached hydrogen (secondary N) is 1. The summed E-state index contributed by atoms with van der Waals surface area (Å²) >= 11 is 0. The number of halogens is 4. The average Bonchev–Trinajstić information content (AvgIpc) is 2.74. The van der Waals surface area contributed by atoms with Gasteiger partial charge in [-0.1, -0.05) is 24.3 Å². The number of primary amides is 1. The first-order valence-corrected chi connectivity index (χ1v) is 9.94. The Balaban J connectivity index is 1.72. The highest BCUT2D eigenvalue weighted by atomic mass is 19.4. The predicted molar refractivity (Wildman–Crippen MR) is 114 cm³/mol. The number of benzene rings is 3. The molecule has 10 heteroatoms. The summed E-state index contributed by atoms with van der Waals surface area (Å²) in [6, 6.07) is 16.5. The molecule has 0 fully saturated rings. The SMILES string of the molecule is CC(NC(=O)Cc1cccc(OC(F)(F)F)c1)(C(N)=O)c1ccc(Oc2ccc(F)cc2)cc1. The van der Waals surface area contributed by atoms with E-state index in [-0.39, 0.29) is 12.0 Å². The van der Waals surface area contributed by atoms with Gasteiger partial charge < -0.3 is 20.5 Å². The molecular weight excluding hydrogens is 456 g/mol. The van der Waals surface area contributed by atoms with Crippen LogP contribution in [-0.4, -0.2) is 18.2 Å². The van der Waals surface area contributed by atoms with Crippen molar-refractivity contribution in [2.75, 3.05) is 0 Å². The fourth-order valence-electron chi connectivity index (χ4n) is 3.13. The second-order valence-corrected chi connectivity index (χ2v) is 7.49. The molecule has 3 rings (SSSR count). The van der Waals surface area contributed by atoms with Crippen molar-refractivity contribution in [3.63, 3.8) is 0 Å². The molecule has 0 saturated carbocycles. The number of carbonyl (C=O) groups is 2. The van der Waals surface area contributed by atoms with E-state index in [0.717, 1.165) is 12.1 Å². The zero-order valence-electron chi connectivity index (χ0n) is 17.9. The molecule has 0 saturated heterocycles. The largest absolute Gasteiger partial charge is 0.573 e. The van der Waals surface area contributed by atoms with Gasteiger partial charge in [-0.05, 0) is 66.6 Å². The minimum atomic E-state index is -4.86. The van der Waals surface area contributed by atoms with E-state index in [1.54, 1.807) is 12.1 Å². The fraction of sp³-hybridized carbons (Fsp3) is 0.167. The lowest BCUT2D eigenvalue weighted by molar-refractivity contribution is -0.274. The molecule has 3 aromatic rings. The van der Waals surface area contributed by atoms with Gasteiger partial charge >= 0.3 is 6.36 Å². The van der Waals surface area contributed by atoms with Crippen LogP contribution in [0, 0.1) is 5.82 Å². The molecule has 0 aliphatic heterocycles. The van der Waals surface area contributed by atoms with Crippen LogP contribution in [0.1, 0.15) is 18.1 Å². The predicted octanol–water partition coefficient (Wildman–Crippen LogP) is 4.58. The molecule has 178 valence electrons. The Morgan fingerprint density at radius 1 is 0.912 bits per heavy atom. The zero-order chi connectivity index (χ0) is 24.9. The van der Waals surface area contributed by atoms with Gasteiger partial charge in [0.2, 0.25) is 11.8 Å². The van der Waals surface area contributed by atoms with Gasteiger partial charge in [0.15, 0.2) is 0 Å². The molecule has 0 heterocycles. The van der Waals surface area contributed by atoms with E-state index in [0.29, 0.717) is 17.1 Å². The maximum atomic E-state index is 13.0. The Morgan fingerprint density at radius 3 is 2.06 bits per heavy atom. The van der Waals surface area contributed by atoms with Gasteiger partial charge in [-0.2, -0.15) is 0 Å². The van der Waals surface area contributed by atoms with Crippen LogP contribution in [0.25, 0.3) is 0 Å². The van der Waals surface area contributed by atoms with Crippen molar-refractivity contribution in [1.82, 2.24) is 5.32 Å². The maximum absolute atomic E-state index is 13.0. The molecule has 3 aromatic carbocycles. The summed E-state index contributed by atoms with van der Waals surface area (Å²) < 4.78 is 59.8. The molecule has 1 unspecified atom stereocenters. The Kier molecular flexibility index (Phi) is 7.09. The average molecular weight is 476 g/mol. The highest BCUT2D eigenvalue weighted by Crippen LogP contribution is 2.27. The summed E-state index contributed by atoms with van der Waals surface area (Å²) in [6.07, 6.45) is -5.18. The van der Waals surface area contributed by atoms with Gasteiger partial charge in [0.05, 0.1) is 6.42 Å². The molecule has 3 N–H and O–H groups in total. The van der Waals surface area contributed by atoms with Crippen molar-refractivity contribution in [1.29, 1.82) is 0 Å². The van der Waals surface area contributed by atoms with E-state index in [2.05, 4.69) is 10.1 Å². The Hall–Kier alpha value is -4.08. The number of rotatable bonds is 8. The number of hydrogen-bond donors (Lipinski definition) is 2. The molecule has 0 spiro atoms. The normalized spacial score (nSPS) is 13.0. The molecule has 6 nitrogen and oxygen atoms in total. The number of hydrogen-bond acceptors (Lipinski definition) is 4. The first-order valence-electron chi connectivity index (χ1n) is 9.94. The molecule has 0 bridgehead atoms. The standard InChI is InChI=1S/C24H20F4N2O4/c1-23(22(29)32,16-5-9-18(10-6-16)33-19-11-7-17(25)8-12-19)30-21(31)14-15-3-2-4-20(13-15)34-24(26,27)28/h2-13H,14H2,1H3,(H2,29,32)(H,30,31). The minimum absolute atomic E-state index is 0.245. The van der Waals surface area contributed by atoms with Crippen molar-refractivity contribution in [3.8, 4) is 17.2 Å². The molecule has 0 radical (unpaired) electrons. The van der Waals surface area contributed by atoms with Crippen molar-refractivity contribution in [3.05, 3.63) is 89.7 Å². The van der Waals surface area contributed by atoms with Crippen molar-refractivity contribution < 1.29 is 36.6 Å². The van der Waals surface area contributed by atoms with Crippen molar-refractivity contribution in [2.24, 2.45) is 5.73 Å². The molecular formula is C24H20F4N2O4. The van der Waals surface area contributed by atoms with Gasteiger partial charge in [-0.25, -0.2) is 4.39 Å². The topological polar surface area (TPSA) is 90.6 Å². The van der Waals surface area contributed by atoms with Crippen molar-refractivity contribution in [2.45, 2.75) is 25.2 Å². The van der Waals surface area contributed by atoms with Crippen LogP contribution in [0.2, 0.25) is 0 Å². The van der Waals surface area contributed by atoms with Gasteiger partial charge in [0.25, 0.3) is 0 Å². The van der Waals surface area contributed by atoms with Gasteiger partial charge in [-0.15, -0.1) is 13.2 Å². The molecule has 0 aliphatic carbocycles. The van der Waals surface area contributed by atoms with Crippen LogP contribution < -0.4 is 20.5 Å². The minimum Gasteiger partial charge on any atom is -0.457 e. The number of carbonyl (C=O) groups excluding carboxylic acids is 2. The van der Waals surface area contributed by atoms with E-state index in [4.69, 9.17) is 10.5 Å². The van der Waals surface area contributed by atoms with Gasteiger partial charge in [0.1, 0.15) is 28.6 Å². The van der Waals surface area contributed by atoms with Crippen LogP contribution in [0.5, 0.6) is 17.2 Å². The van der Waals surface area contributed by atoms with E-state index in [1.165, 1.54) is 55.5 Å². The number of amides is 2. The summed E-state index contributed by atoms with van der Waals surface area (Å²) in [6.45, 7) is 1.41. The summed E-state index contributed by atoms with van der Waals surface area (Å²) in [5, 5.41) is 2.54. The van der Waals surface area contributed by atoms with E-state index in [1.807, 2.05) is 0 Å². The zero-order valence-corrected chi connectivity index (χ0v) is 17.9. The first kappa shape index (κ1) is 24.6. The molecule has 1 atom stereocenters. The van der Waals surface area contributed by atoms with Crippen LogP contribution in [0.4, 0.5) is 17.6 Å². The monoisotopic (exact) mass is 476 g/mol. The highest BCUT2D eigenvalue weighted by molar-refractivity contribution is 5.91. The number of alkyl halides is 3. The molecule has 0 aliphatic rings. The third-order valence-corrected chi connectivity index (χ3v) is 4.86. The molecule has 2 amide bonds. The quantitative estimate of drug-likeness (QED) is 0.466. The van der Waals surface area contributed by atoms with Crippen LogP contribution in [-0.2, 0) is 21.5 Å². The lowest BCUT2D eigenvalue weighted by atomic mass is 9.90. The lowest BCUT2D eigenvalue weighted by Crippen LogP contribution is -2.53. The summed E-state index contributed by atoms with van der Waals surface area (Å²) in [5.74, 6) is -1.56. The first-order chi connectivity index (χ1) is 15.9. The second-order valence-electron chi connectivity index (χ2n) is 7.49. The van der Waals surface area contributed by atoms with Crippen LogP contribution in [0.3, 0.4) is 0 Å². The second kappa shape index (κ2) is 9.82. The highest BCUT2D eigenvalue weighted by Gasteiger charge is 2.35. The van der Waals surface area contributed by atoms with Gasteiger partial charge in [0, 0.05) is 0 Å². The lowest BCUT2D eigenvalue weighted by Gasteiger charge is -2.28. The molecule has 0 aromatic heterocycles. The van der Waals surface area contributed by atoms with E-state index in [9.17, 15) is 27.2 Å². The Morgan fingerprint density at radius 2 is 1.50 bits per heavy atom. The summed E-state index contributed by atoms with van der Waals surface area (Å²) in [7, 11) is 0. The Bertz CT molecular complexity index is 1160. The van der Waals surface area contributed by atoms with Crippen LogP contribution in [0.15, 0.2) is 72.8 Å². The third kappa shape index (κ3) is 6.47. The van der Waals surface area contributed by atoms with Crippen LogP contribution >= 0.6 is 0 Å². The van der Waals surface area contributed by atoms with E-state index >= 15 is 0 Å².